The Morgan fingerprint density at radius 1 is 1.10 bits per heavy atom. The van der Waals surface area contributed by atoms with Crippen LogP contribution >= 0.6 is 0 Å². The molecule has 0 fully saturated rings. The molecule has 2 heterocycles. The number of hydrogen-bond donors (Lipinski definition) is 4. The molecule has 0 bridgehead atoms. The van der Waals surface area contributed by atoms with Crippen LogP contribution in [0.2, 0.25) is 0 Å². The Bertz CT molecular complexity index is 995. The normalized spacial score (nSPS) is 15.7. The maximum Gasteiger partial charge on any atom is 0.166 e. The fourth-order valence-corrected chi connectivity index (χ4v) is 3.53. The zero-order chi connectivity index (χ0) is 20.8. The van der Waals surface area contributed by atoms with Crippen molar-refractivity contribution in [3.63, 3.8) is 0 Å². The van der Waals surface area contributed by atoms with Gasteiger partial charge in [-0.25, -0.2) is 15.2 Å². The second-order valence-corrected chi connectivity index (χ2v) is 7.37. The highest BCUT2D eigenvalue weighted by molar-refractivity contribution is 6.01. The van der Waals surface area contributed by atoms with Gasteiger partial charge >= 0.3 is 0 Å². The molecule has 2 aliphatic rings. The zero-order valence-corrected chi connectivity index (χ0v) is 17.2. The lowest BCUT2D eigenvalue weighted by atomic mass is 9.97. The predicted molar refractivity (Wildman–Crippen MR) is 119 cm³/mol. The molecule has 0 spiro atoms. The third-order valence-electron chi connectivity index (χ3n) is 5.18. The lowest BCUT2D eigenvalue weighted by molar-refractivity contribution is 0.577. The summed E-state index contributed by atoms with van der Waals surface area (Å²) < 4.78 is 1.99. The Kier molecular flexibility index (Phi) is 6.36. The lowest BCUT2D eigenvalue weighted by Crippen LogP contribution is -2.35. The van der Waals surface area contributed by atoms with Gasteiger partial charge in [-0.2, -0.15) is 5.10 Å². The first-order valence-corrected chi connectivity index (χ1v) is 10.4. The van der Waals surface area contributed by atoms with Gasteiger partial charge in [0.05, 0.1) is 13.1 Å². The van der Waals surface area contributed by atoms with E-state index in [0.717, 1.165) is 42.9 Å². The molecular formula is C22H28N8. The van der Waals surface area contributed by atoms with Gasteiger partial charge in [0.25, 0.3) is 0 Å². The van der Waals surface area contributed by atoms with Crippen molar-refractivity contribution in [1.82, 2.24) is 31.3 Å². The molecule has 0 radical (unpaired) electrons. The van der Waals surface area contributed by atoms with Gasteiger partial charge in [0, 0.05) is 18.4 Å². The van der Waals surface area contributed by atoms with Crippen LogP contribution in [0.1, 0.15) is 49.0 Å². The Balaban J connectivity index is 1.48. The molecule has 0 unspecified atom stereocenters. The van der Waals surface area contributed by atoms with Gasteiger partial charge in [-0.1, -0.05) is 61.9 Å². The second kappa shape index (κ2) is 9.51. The van der Waals surface area contributed by atoms with E-state index in [1.807, 2.05) is 10.8 Å². The van der Waals surface area contributed by atoms with Crippen LogP contribution in [0.5, 0.6) is 0 Å². The topological polar surface area (TPSA) is 105 Å². The number of aromatic nitrogens is 3. The molecule has 0 amide bonds. The van der Waals surface area contributed by atoms with Crippen LogP contribution in [0.25, 0.3) is 5.57 Å². The maximum absolute atomic E-state index is 5.75. The Morgan fingerprint density at radius 2 is 1.90 bits per heavy atom. The van der Waals surface area contributed by atoms with Crippen molar-refractivity contribution >= 4 is 11.4 Å². The smallest absolute Gasteiger partial charge is 0.166 e. The summed E-state index contributed by atoms with van der Waals surface area (Å²) >= 11 is 0. The van der Waals surface area contributed by atoms with Crippen LogP contribution in [0, 0.1) is 0 Å². The van der Waals surface area contributed by atoms with Crippen molar-refractivity contribution in [3.05, 3.63) is 76.9 Å². The van der Waals surface area contributed by atoms with E-state index in [2.05, 4.69) is 81.1 Å². The van der Waals surface area contributed by atoms with Crippen molar-refractivity contribution in [3.8, 4) is 0 Å². The van der Waals surface area contributed by atoms with Crippen LogP contribution in [0.4, 0.5) is 0 Å². The van der Waals surface area contributed by atoms with E-state index in [1.165, 1.54) is 16.7 Å². The third kappa shape index (κ3) is 4.67. The molecular weight excluding hydrogens is 376 g/mol. The number of rotatable bonds is 8. The molecule has 8 heteroatoms. The Morgan fingerprint density at radius 3 is 2.60 bits per heavy atom. The first-order valence-electron chi connectivity index (χ1n) is 10.4. The number of nitrogens with two attached hydrogens (primary N) is 1. The number of nitrogens with one attached hydrogen (secondary N) is 3. The van der Waals surface area contributed by atoms with Gasteiger partial charge in [-0.15, -0.1) is 10.6 Å². The second-order valence-electron chi connectivity index (χ2n) is 7.37. The van der Waals surface area contributed by atoms with E-state index in [9.17, 15) is 0 Å². The minimum Gasteiger partial charge on any atom is -0.324 e. The van der Waals surface area contributed by atoms with Crippen LogP contribution in [-0.2, 0) is 19.5 Å². The van der Waals surface area contributed by atoms with Gasteiger partial charge in [0.15, 0.2) is 11.7 Å². The van der Waals surface area contributed by atoms with E-state index in [-0.39, 0.29) is 0 Å². The highest BCUT2D eigenvalue weighted by atomic mass is 15.8. The molecule has 30 heavy (non-hydrogen) atoms. The number of benzene rings is 1. The van der Waals surface area contributed by atoms with Gasteiger partial charge in [-0.3, -0.25) is 5.43 Å². The minimum atomic E-state index is 0.369. The summed E-state index contributed by atoms with van der Waals surface area (Å²) in [5.74, 6) is 2.53. The predicted octanol–water partition coefficient (Wildman–Crippen LogP) is 2.32. The Labute approximate surface area is 176 Å². The summed E-state index contributed by atoms with van der Waals surface area (Å²) in [5, 5.41) is 8.80. The molecule has 1 aliphatic heterocycles. The number of aryl methyl sites for hydroxylation is 1. The van der Waals surface area contributed by atoms with Gasteiger partial charge < -0.3 is 5.73 Å². The lowest BCUT2D eigenvalue weighted by Gasteiger charge is -2.11. The van der Waals surface area contributed by atoms with Gasteiger partial charge in [-0.05, 0) is 23.1 Å². The van der Waals surface area contributed by atoms with Crippen molar-refractivity contribution in [1.29, 1.82) is 0 Å². The molecule has 0 saturated heterocycles. The van der Waals surface area contributed by atoms with E-state index >= 15 is 0 Å². The summed E-state index contributed by atoms with van der Waals surface area (Å²) in [7, 11) is 0. The molecule has 8 nitrogen and oxygen atoms in total. The van der Waals surface area contributed by atoms with E-state index < -0.39 is 0 Å². The molecule has 4 rings (SSSR count). The van der Waals surface area contributed by atoms with E-state index in [0.29, 0.717) is 18.9 Å². The van der Waals surface area contributed by atoms with Gasteiger partial charge in [0.2, 0.25) is 0 Å². The summed E-state index contributed by atoms with van der Waals surface area (Å²) in [5.41, 5.74) is 19.0. The monoisotopic (exact) mass is 404 g/mol. The standard InChI is InChI=1S/C22H28N8/c1-2-3-8-21-24-20(14-23)27-30(21)15-16-9-11-17(12-10-16)18-6-4-5-7-19(13-18)22-25-28-29-26-22/h4-7,9-12,28-29H,2-3,8,13-15,23H2,1H3,(H,25,26). The number of hydrogen-bond acceptors (Lipinski definition) is 7. The van der Waals surface area contributed by atoms with Gasteiger partial charge in [0.1, 0.15) is 5.82 Å². The van der Waals surface area contributed by atoms with E-state index in [1.54, 1.807) is 0 Å². The number of hydrazine groups is 2. The summed E-state index contributed by atoms with van der Waals surface area (Å²) in [6, 6.07) is 8.67. The molecule has 1 aliphatic carbocycles. The van der Waals surface area contributed by atoms with Crippen molar-refractivity contribution in [2.75, 3.05) is 0 Å². The van der Waals surface area contributed by atoms with E-state index in [4.69, 9.17) is 5.73 Å². The molecule has 1 aromatic carbocycles. The zero-order valence-electron chi connectivity index (χ0n) is 17.2. The SMILES string of the molecule is CCCCc1nc(CN)nn1Cc1ccc(C2=CC=CC=C(C3=NNNN3)C2)cc1. The fraction of sp³-hybridized carbons (Fsp3) is 0.318. The number of amidine groups is 1. The first kappa shape index (κ1) is 20.1. The van der Waals surface area contributed by atoms with Crippen LogP contribution in [-0.4, -0.2) is 20.6 Å². The summed E-state index contributed by atoms with van der Waals surface area (Å²) in [6.45, 7) is 3.26. The highest BCUT2D eigenvalue weighted by Gasteiger charge is 2.15. The largest absolute Gasteiger partial charge is 0.324 e. The molecule has 0 saturated carbocycles. The highest BCUT2D eigenvalue weighted by Crippen LogP contribution is 2.26. The summed E-state index contributed by atoms with van der Waals surface area (Å²) in [6.07, 6.45) is 12.3. The minimum absolute atomic E-state index is 0.369. The number of nitrogens with zero attached hydrogens (tertiary/aromatic N) is 4. The molecule has 0 atom stereocenters. The number of unbranched alkanes of at least 4 members (excludes halogenated alkanes) is 1. The number of allylic oxidation sites excluding steroid dienone is 5. The molecule has 2 aromatic rings. The molecule has 5 N–H and O–H groups in total. The van der Waals surface area contributed by atoms with Crippen molar-refractivity contribution in [2.45, 2.75) is 45.7 Å². The average molecular weight is 405 g/mol. The fourth-order valence-electron chi connectivity index (χ4n) is 3.53. The third-order valence-corrected chi connectivity index (χ3v) is 5.18. The Hall–Kier alpha value is -3.23. The molecule has 1 aromatic heterocycles. The quantitative estimate of drug-likeness (QED) is 0.538. The van der Waals surface area contributed by atoms with Crippen LogP contribution < -0.4 is 22.2 Å². The molecule has 156 valence electrons. The number of hydrazone groups is 1. The average Bonchev–Trinajstić information content (AvgIpc) is 3.38. The van der Waals surface area contributed by atoms with Crippen molar-refractivity contribution < 1.29 is 0 Å². The maximum atomic E-state index is 5.75. The van der Waals surface area contributed by atoms with Crippen LogP contribution in [0.15, 0.2) is 59.2 Å². The first-order chi connectivity index (χ1) is 14.8. The summed E-state index contributed by atoms with van der Waals surface area (Å²) in [4.78, 5) is 4.59. The van der Waals surface area contributed by atoms with Crippen LogP contribution in [0.3, 0.4) is 0 Å². The van der Waals surface area contributed by atoms with Crippen molar-refractivity contribution in [2.24, 2.45) is 10.8 Å².